The molecule has 1 fully saturated rings. The third kappa shape index (κ3) is 3.77. The van der Waals surface area contributed by atoms with E-state index in [4.69, 9.17) is 9.84 Å². The van der Waals surface area contributed by atoms with Crippen LogP contribution >= 0.6 is 0 Å². The maximum absolute atomic E-state index is 10.3. The van der Waals surface area contributed by atoms with E-state index in [0.717, 1.165) is 18.8 Å². The van der Waals surface area contributed by atoms with Gasteiger partial charge in [-0.05, 0) is 18.8 Å². The van der Waals surface area contributed by atoms with E-state index in [9.17, 15) is 4.79 Å². The Morgan fingerprint density at radius 1 is 1.54 bits per heavy atom. The molecule has 3 nitrogen and oxygen atoms in total. The molecule has 2 atom stereocenters. The van der Waals surface area contributed by atoms with Gasteiger partial charge in [-0.15, -0.1) is 0 Å². The minimum absolute atomic E-state index is 0.138. The minimum atomic E-state index is -0.862. The fraction of sp³-hybridized carbons (Fsp3) is 0.900. The molecule has 1 aliphatic carbocycles. The predicted molar refractivity (Wildman–Crippen MR) is 49.6 cm³/mol. The van der Waals surface area contributed by atoms with Crippen molar-refractivity contribution in [3.63, 3.8) is 0 Å². The highest BCUT2D eigenvalue weighted by atomic mass is 16.5. The van der Waals surface area contributed by atoms with Crippen LogP contribution in [0.1, 0.15) is 39.0 Å². The van der Waals surface area contributed by atoms with Gasteiger partial charge < -0.3 is 9.84 Å². The van der Waals surface area contributed by atoms with Crippen molar-refractivity contribution in [1.82, 2.24) is 0 Å². The summed E-state index contributed by atoms with van der Waals surface area (Å²) in [6.07, 6.45) is 5.92. The summed E-state index contributed by atoms with van der Waals surface area (Å²) in [5.41, 5.74) is 0. The average Bonchev–Trinajstić information content (AvgIpc) is 2.15. The zero-order valence-corrected chi connectivity index (χ0v) is 8.16. The van der Waals surface area contributed by atoms with Crippen molar-refractivity contribution < 1.29 is 14.6 Å². The molecule has 0 bridgehead atoms. The Balaban J connectivity index is 2.21. The topological polar surface area (TPSA) is 46.5 Å². The Morgan fingerprint density at radius 3 is 2.92 bits per heavy atom. The van der Waals surface area contributed by atoms with E-state index in [1.165, 1.54) is 19.3 Å². The Morgan fingerprint density at radius 2 is 2.31 bits per heavy atom. The molecule has 76 valence electrons. The number of rotatable bonds is 4. The molecule has 1 saturated carbocycles. The van der Waals surface area contributed by atoms with Crippen LogP contribution in [0, 0.1) is 5.92 Å². The first-order chi connectivity index (χ1) is 6.22. The maximum atomic E-state index is 10.3. The fourth-order valence-electron chi connectivity index (χ4n) is 1.95. The largest absolute Gasteiger partial charge is 0.480 e. The first kappa shape index (κ1) is 10.5. The molecule has 0 aromatic heterocycles. The van der Waals surface area contributed by atoms with E-state index >= 15 is 0 Å². The van der Waals surface area contributed by atoms with Gasteiger partial charge in [-0.25, -0.2) is 4.79 Å². The van der Waals surface area contributed by atoms with Gasteiger partial charge in [-0.1, -0.05) is 26.2 Å². The van der Waals surface area contributed by atoms with Crippen molar-refractivity contribution in [3.8, 4) is 0 Å². The van der Waals surface area contributed by atoms with Crippen LogP contribution in [0.4, 0.5) is 0 Å². The van der Waals surface area contributed by atoms with E-state index < -0.39 is 5.97 Å². The third-order valence-corrected chi connectivity index (χ3v) is 2.75. The molecule has 0 aliphatic heterocycles. The lowest BCUT2D eigenvalue weighted by Crippen LogP contribution is -2.25. The summed E-state index contributed by atoms with van der Waals surface area (Å²) in [6.45, 7) is 2.05. The number of ether oxygens (including phenoxy) is 1. The van der Waals surface area contributed by atoms with E-state index in [1.807, 2.05) is 0 Å². The third-order valence-electron chi connectivity index (χ3n) is 2.75. The first-order valence-electron chi connectivity index (χ1n) is 5.05. The summed E-state index contributed by atoms with van der Waals surface area (Å²) in [7, 11) is 0. The van der Waals surface area contributed by atoms with Crippen LogP contribution in [0.5, 0.6) is 0 Å². The fourth-order valence-corrected chi connectivity index (χ4v) is 1.95. The zero-order chi connectivity index (χ0) is 9.68. The van der Waals surface area contributed by atoms with Crippen molar-refractivity contribution in [1.29, 1.82) is 0 Å². The predicted octanol–water partition coefficient (Wildman–Crippen LogP) is 2.06. The normalized spacial score (nSPS) is 28.7. The molecule has 13 heavy (non-hydrogen) atoms. The molecule has 1 rings (SSSR count). The van der Waals surface area contributed by atoms with Gasteiger partial charge in [-0.3, -0.25) is 0 Å². The lowest BCUT2D eigenvalue weighted by atomic mass is 9.85. The van der Waals surface area contributed by atoms with Crippen molar-refractivity contribution in [2.45, 2.75) is 45.1 Å². The molecule has 0 aromatic rings. The highest BCUT2D eigenvalue weighted by Gasteiger charge is 2.21. The van der Waals surface area contributed by atoms with Crippen LogP contribution in [-0.2, 0) is 9.53 Å². The van der Waals surface area contributed by atoms with Gasteiger partial charge in [0.15, 0.2) is 0 Å². The highest BCUT2D eigenvalue weighted by molar-refractivity contribution is 5.68. The molecule has 0 heterocycles. The van der Waals surface area contributed by atoms with Crippen molar-refractivity contribution in [3.05, 3.63) is 0 Å². The van der Waals surface area contributed by atoms with Crippen molar-refractivity contribution in [2.24, 2.45) is 5.92 Å². The molecule has 0 radical (unpaired) electrons. The molecule has 1 N–H and O–H groups in total. The zero-order valence-electron chi connectivity index (χ0n) is 8.16. The average molecular weight is 186 g/mol. The van der Waals surface area contributed by atoms with Gasteiger partial charge in [-0.2, -0.15) is 0 Å². The number of aliphatic carboxylic acids is 1. The second-order valence-electron chi connectivity index (χ2n) is 3.77. The Kier molecular flexibility index (Phi) is 4.22. The second kappa shape index (κ2) is 5.22. The Hall–Kier alpha value is -0.570. The van der Waals surface area contributed by atoms with Crippen LogP contribution in [0.25, 0.3) is 0 Å². The molecule has 1 aliphatic rings. The number of carbonyl (C=O) groups is 1. The van der Waals surface area contributed by atoms with Crippen LogP contribution in [0.3, 0.4) is 0 Å². The number of hydrogen-bond acceptors (Lipinski definition) is 2. The molecule has 0 saturated heterocycles. The number of hydrogen-bond donors (Lipinski definition) is 1. The molecular formula is C10H18O3. The number of carboxylic acid groups (broad SMARTS) is 1. The highest BCUT2D eigenvalue weighted by Crippen LogP contribution is 2.28. The molecule has 0 spiro atoms. The summed E-state index contributed by atoms with van der Waals surface area (Å²) >= 11 is 0. The Bertz CT molecular complexity index is 168. The van der Waals surface area contributed by atoms with Gasteiger partial charge in [0.25, 0.3) is 0 Å². The standard InChI is InChI=1S/C10H18O3/c1-2-8-4-3-5-9(6-8)13-7-10(11)12/h8-9H,2-7H2,1H3,(H,11,12). The van der Waals surface area contributed by atoms with Crippen molar-refractivity contribution in [2.75, 3.05) is 6.61 Å². The Labute approximate surface area is 79.1 Å². The van der Waals surface area contributed by atoms with Gasteiger partial charge in [0.2, 0.25) is 0 Å². The molecule has 2 unspecified atom stereocenters. The lowest BCUT2D eigenvalue weighted by molar-refractivity contribution is -0.145. The van der Waals surface area contributed by atoms with Gasteiger partial charge in [0.05, 0.1) is 6.10 Å². The summed E-state index contributed by atoms with van der Waals surface area (Å²) in [5, 5.41) is 8.44. The smallest absolute Gasteiger partial charge is 0.329 e. The van der Waals surface area contributed by atoms with Crippen LogP contribution < -0.4 is 0 Å². The molecule has 0 aromatic carbocycles. The maximum Gasteiger partial charge on any atom is 0.329 e. The summed E-state index contributed by atoms with van der Waals surface area (Å²) < 4.78 is 5.28. The molecular weight excluding hydrogens is 168 g/mol. The van der Waals surface area contributed by atoms with E-state index in [1.54, 1.807) is 0 Å². The van der Waals surface area contributed by atoms with Gasteiger partial charge in [0, 0.05) is 0 Å². The SMILES string of the molecule is CCC1CCCC(OCC(=O)O)C1. The van der Waals surface area contributed by atoms with Crippen molar-refractivity contribution >= 4 is 5.97 Å². The van der Waals surface area contributed by atoms with Gasteiger partial charge in [0.1, 0.15) is 6.61 Å². The second-order valence-corrected chi connectivity index (χ2v) is 3.77. The minimum Gasteiger partial charge on any atom is -0.480 e. The molecule has 3 heteroatoms. The molecule has 0 amide bonds. The van der Waals surface area contributed by atoms with Crippen LogP contribution in [-0.4, -0.2) is 23.8 Å². The first-order valence-corrected chi connectivity index (χ1v) is 5.05. The summed E-state index contributed by atoms with van der Waals surface area (Å²) in [6, 6.07) is 0. The quantitative estimate of drug-likeness (QED) is 0.731. The van der Waals surface area contributed by atoms with Gasteiger partial charge >= 0.3 is 5.97 Å². The van der Waals surface area contributed by atoms with E-state index in [0.29, 0.717) is 0 Å². The van der Waals surface area contributed by atoms with Crippen LogP contribution in [0.15, 0.2) is 0 Å². The lowest BCUT2D eigenvalue weighted by Gasteiger charge is -2.27. The van der Waals surface area contributed by atoms with Crippen LogP contribution in [0.2, 0.25) is 0 Å². The summed E-state index contributed by atoms with van der Waals surface area (Å²) in [4.78, 5) is 10.3. The number of carboxylic acids is 1. The monoisotopic (exact) mass is 186 g/mol. The summed E-state index contributed by atoms with van der Waals surface area (Å²) in [5.74, 6) is -0.119. The van der Waals surface area contributed by atoms with E-state index in [-0.39, 0.29) is 12.7 Å². The van der Waals surface area contributed by atoms with E-state index in [2.05, 4.69) is 6.92 Å².